The molecule has 0 saturated carbocycles. The standard InChI is InChI=1S/C21H21ClN4O3/c1-2-18-16-12-14(13-23-19(16)29-24-18)20(27)25-8-5-9-26(11-10-25)21(28)15-6-3-4-7-17(15)22/h3-4,6-7,12-13H,2,5,8-11H2,1H3. The summed E-state index contributed by atoms with van der Waals surface area (Å²) in [6, 6.07) is 8.82. The van der Waals surface area contributed by atoms with Gasteiger partial charge in [0, 0.05) is 32.4 Å². The number of halogens is 1. The zero-order valence-electron chi connectivity index (χ0n) is 16.1. The molecule has 1 fully saturated rings. The van der Waals surface area contributed by atoms with Gasteiger partial charge in [0.05, 0.1) is 27.2 Å². The highest BCUT2D eigenvalue weighted by Gasteiger charge is 2.25. The normalized spacial score (nSPS) is 14.8. The second-order valence-electron chi connectivity index (χ2n) is 6.98. The Morgan fingerprint density at radius 3 is 2.55 bits per heavy atom. The fourth-order valence-electron chi connectivity index (χ4n) is 3.56. The smallest absolute Gasteiger partial charge is 0.257 e. The van der Waals surface area contributed by atoms with E-state index >= 15 is 0 Å². The summed E-state index contributed by atoms with van der Waals surface area (Å²) in [6.07, 6.45) is 2.92. The van der Waals surface area contributed by atoms with E-state index in [-0.39, 0.29) is 11.8 Å². The monoisotopic (exact) mass is 412 g/mol. The number of nitrogens with zero attached hydrogens (tertiary/aromatic N) is 4. The lowest BCUT2D eigenvalue weighted by Crippen LogP contribution is -2.37. The van der Waals surface area contributed by atoms with E-state index in [0.29, 0.717) is 60.9 Å². The van der Waals surface area contributed by atoms with Crippen LogP contribution >= 0.6 is 11.6 Å². The van der Waals surface area contributed by atoms with Crippen LogP contribution in [0.15, 0.2) is 41.1 Å². The fourth-order valence-corrected chi connectivity index (χ4v) is 3.78. The van der Waals surface area contributed by atoms with Gasteiger partial charge in [0.25, 0.3) is 17.5 Å². The topological polar surface area (TPSA) is 79.5 Å². The largest absolute Gasteiger partial charge is 0.337 e. The molecular formula is C21H21ClN4O3. The van der Waals surface area contributed by atoms with Gasteiger partial charge in [-0.25, -0.2) is 4.98 Å². The maximum atomic E-state index is 13.0. The average molecular weight is 413 g/mol. The molecule has 0 atom stereocenters. The molecule has 0 aliphatic carbocycles. The Morgan fingerprint density at radius 2 is 1.83 bits per heavy atom. The number of carbonyl (C=O) groups excluding carboxylic acids is 2. The molecular weight excluding hydrogens is 392 g/mol. The van der Waals surface area contributed by atoms with Crippen LogP contribution < -0.4 is 0 Å². The summed E-state index contributed by atoms with van der Waals surface area (Å²) in [7, 11) is 0. The first-order chi connectivity index (χ1) is 14.1. The van der Waals surface area contributed by atoms with E-state index < -0.39 is 0 Å². The SMILES string of the molecule is CCc1noc2ncc(C(=O)N3CCCN(C(=O)c4ccccc4Cl)CC3)cc12. The maximum Gasteiger partial charge on any atom is 0.257 e. The van der Waals surface area contributed by atoms with Crippen LogP contribution in [0.2, 0.25) is 5.02 Å². The number of pyridine rings is 1. The van der Waals surface area contributed by atoms with Gasteiger partial charge in [-0.15, -0.1) is 0 Å². The highest BCUT2D eigenvalue weighted by molar-refractivity contribution is 6.33. The summed E-state index contributed by atoms with van der Waals surface area (Å²) >= 11 is 6.17. The molecule has 29 heavy (non-hydrogen) atoms. The van der Waals surface area contributed by atoms with Crippen LogP contribution in [0.5, 0.6) is 0 Å². The Morgan fingerprint density at radius 1 is 1.10 bits per heavy atom. The number of amides is 2. The zero-order chi connectivity index (χ0) is 20.4. The summed E-state index contributed by atoms with van der Waals surface area (Å²) in [4.78, 5) is 33.6. The van der Waals surface area contributed by atoms with Crippen molar-refractivity contribution in [2.24, 2.45) is 0 Å². The molecule has 150 valence electrons. The second-order valence-corrected chi connectivity index (χ2v) is 7.38. The number of hydrogen-bond donors (Lipinski definition) is 0. The Balaban J connectivity index is 1.49. The number of hydrogen-bond acceptors (Lipinski definition) is 5. The van der Waals surface area contributed by atoms with Crippen molar-refractivity contribution < 1.29 is 14.1 Å². The fraction of sp³-hybridized carbons (Fsp3) is 0.333. The molecule has 0 bridgehead atoms. The van der Waals surface area contributed by atoms with Crippen LogP contribution in [0.3, 0.4) is 0 Å². The van der Waals surface area contributed by atoms with Gasteiger partial charge in [0.2, 0.25) is 0 Å². The van der Waals surface area contributed by atoms with Crippen LogP contribution in [0.1, 0.15) is 39.8 Å². The first-order valence-electron chi connectivity index (χ1n) is 9.66. The molecule has 3 heterocycles. The lowest BCUT2D eigenvalue weighted by molar-refractivity contribution is 0.0718. The van der Waals surface area contributed by atoms with Crippen molar-refractivity contribution in [2.45, 2.75) is 19.8 Å². The van der Waals surface area contributed by atoms with Crippen LogP contribution in [0.4, 0.5) is 0 Å². The molecule has 2 amide bonds. The third-order valence-electron chi connectivity index (χ3n) is 5.16. The van der Waals surface area contributed by atoms with E-state index in [1.165, 1.54) is 6.20 Å². The molecule has 0 unspecified atom stereocenters. The number of aryl methyl sites for hydroxylation is 1. The number of rotatable bonds is 3. The number of fused-ring (bicyclic) bond motifs is 1. The van der Waals surface area contributed by atoms with Crippen molar-refractivity contribution in [1.82, 2.24) is 19.9 Å². The Kier molecular flexibility index (Phi) is 5.49. The molecule has 7 nitrogen and oxygen atoms in total. The lowest BCUT2D eigenvalue weighted by atomic mass is 10.1. The molecule has 1 aliphatic rings. The number of carbonyl (C=O) groups is 2. The van der Waals surface area contributed by atoms with Crippen molar-refractivity contribution >= 4 is 34.5 Å². The quantitative estimate of drug-likeness (QED) is 0.658. The minimum Gasteiger partial charge on any atom is -0.337 e. The van der Waals surface area contributed by atoms with E-state index in [1.54, 1.807) is 40.1 Å². The molecule has 3 aromatic rings. The highest BCUT2D eigenvalue weighted by atomic mass is 35.5. The lowest BCUT2D eigenvalue weighted by Gasteiger charge is -2.22. The molecule has 1 saturated heterocycles. The van der Waals surface area contributed by atoms with Crippen LogP contribution in [-0.4, -0.2) is 57.9 Å². The third kappa shape index (κ3) is 3.82. The summed E-state index contributed by atoms with van der Waals surface area (Å²) in [5, 5.41) is 5.20. The Bertz CT molecular complexity index is 1070. The molecule has 8 heteroatoms. The van der Waals surface area contributed by atoms with E-state index in [1.807, 2.05) is 6.92 Å². The average Bonchev–Trinajstić information content (AvgIpc) is 2.99. The zero-order valence-corrected chi connectivity index (χ0v) is 16.9. The Labute approximate surface area is 173 Å². The molecule has 1 aromatic carbocycles. The predicted octanol–water partition coefficient (Wildman–Crippen LogP) is 3.43. The number of benzene rings is 1. The van der Waals surface area contributed by atoms with Gasteiger partial charge in [-0.2, -0.15) is 0 Å². The van der Waals surface area contributed by atoms with Crippen molar-refractivity contribution in [2.75, 3.05) is 26.2 Å². The summed E-state index contributed by atoms with van der Waals surface area (Å²) in [5.74, 6) is -0.209. The highest BCUT2D eigenvalue weighted by Crippen LogP contribution is 2.21. The minimum absolute atomic E-state index is 0.102. The Hall–Kier alpha value is -2.93. The number of aromatic nitrogens is 2. The summed E-state index contributed by atoms with van der Waals surface area (Å²) in [5.41, 5.74) is 2.21. The van der Waals surface area contributed by atoms with Crippen molar-refractivity contribution in [1.29, 1.82) is 0 Å². The van der Waals surface area contributed by atoms with E-state index in [9.17, 15) is 9.59 Å². The van der Waals surface area contributed by atoms with Gasteiger partial charge in [-0.1, -0.05) is 35.8 Å². The van der Waals surface area contributed by atoms with Crippen molar-refractivity contribution in [3.8, 4) is 0 Å². The van der Waals surface area contributed by atoms with Gasteiger partial charge in [0.15, 0.2) is 0 Å². The molecule has 0 spiro atoms. The van der Waals surface area contributed by atoms with Gasteiger partial charge in [-0.3, -0.25) is 9.59 Å². The minimum atomic E-state index is -0.106. The maximum absolute atomic E-state index is 13.0. The van der Waals surface area contributed by atoms with Gasteiger partial charge < -0.3 is 14.3 Å². The van der Waals surface area contributed by atoms with Crippen LogP contribution in [-0.2, 0) is 6.42 Å². The van der Waals surface area contributed by atoms with E-state index in [2.05, 4.69) is 10.1 Å². The molecule has 2 aromatic heterocycles. The van der Waals surface area contributed by atoms with E-state index in [4.69, 9.17) is 16.1 Å². The van der Waals surface area contributed by atoms with Gasteiger partial charge in [0.1, 0.15) is 0 Å². The van der Waals surface area contributed by atoms with E-state index in [0.717, 1.165) is 11.1 Å². The first-order valence-corrected chi connectivity index (χ1v) is 10.0. The summed E-state index contributed by atoms with van der Waals surface area (Å²) in [6.45, 7) is 4.05. The van der Waals surface area contributed by atoms with Gasteiger partial charge >= 0.3 is 0 Å². The third-order valence-corrected chi connectivity index (χ3v) is 5.49. The second kappa shape index (κ2) is 8.21. The molecule has 4 rings (SSSR count). The van der Waals surface area contributed by atoms with Crippen molar-refractivity contribution in [3.63, 3.8) is 0 Å². The van der Waals surface area contributed by atoms with Crippen molar-refractivity contribution in [3.05, 3.63) is 58.4 Å². The molecule has 0 N–H and O–H groups in total. The van der Waals surface area contributed by atoms with Gasteiger partial charge in [-0.05, 0) is 31.0 Å². The first kappa shape index (κ1) is 19.4. The van der Waals surface area contributed by atoms with Crippen LogP contribution in [0, 0.1) is 0 Å². The molecule has 0 radical (unpaired) electrons. The molecule has 1 aliphatic heterocycles. The van der Waals surface area contributed by atoms with Crippen LogP contribution in [0.25, 0.3) is 11.1 Å². The predicted molar refractivity (Wildman–Crippen MR) is 109 cm³/mol. The summed E-state index contributed by atoms with van der Waals surface area (Å²) < 4.78 is 5.19.